The predicted octanol–water partition coefficient (Wildman–Crippen LogP) is 5.95. The predicted molar refractivity (Wildman–Crippen MR) is 119 cm³/mol. The highest BCUT2D eigenvalue weighted by atomic mass is 35.5. The summed E-state index contributed by atoms with van der Waals surface area (Å²) in [6, 6.07) is 9.97. The van der Waals surface area contributed by atoms with Gasteiger partial charge in [0.05, 0.1) is 15.6 Å². The minimum atomic E-state index is -0.762. The number of amides is 2. The van der Waals surface area contributed by atoms with Crippen molar-refractivity contribution in [3.05, 3.63) is 69.0 Å². The molecule has 0 saturated carbocycles. The van der Waals surface area contributed by atoms with Crippen LogP contribution in [0.3, 0.4) is 0 Å². The zero-order chi connectivity index (χ0) is 22.3. The standard InChI is InChI=1S/C21H22Cl2N4O3/c1-3-4-5-13-6-8-14(9-7-13)25-21(30)19(12(2)28)27-26-18-10-15(20(24)29)16(22)11-17(18)23/h6-11,28H,3-5H2,1-2H3,(H2,24,29)(H,25,30)/b19-12+,27-26?. The summed E-state index contributed by atoms with van der Waals surface area (Å²) in [5.41, 5.74) is 6.75. The zero-order valence-corrected chi connectivity index (χ0v) is 18.1. The Kier molecular flexibility index (Phi) is 8.38. The molecule has 0 radical (unpaired) electrons. The number of carbonyl (C=O) groups excluding carboxylic acids is 2. The van der Waals surface area contributed by atoms with Crippen LogP contribution >= 0.6 is 23.2 Å². The molecular formula is C21H22Cl2N4O3. The maximum absolute atomic E-state index is 12.5. The van der Waals surface area contributed by atoms with Crippen LogP contribution in [0, 0.1) is 0 Å². The zero-order valence-electron chi connectivity index (χ0n) is 16.6. The first-order valence-corrected chi connectivity index (χ1v) is 9.99. The lowest BCUT2D eigenvalue weighted by Crippen LogP contribution is -2.14. The van der Waals surface area contributed by atoms with E-state index in [9.17, 15) is 14.7 Å². The molecule has 30 heavy (non-hydrogen) atoms. The number of aliphatic hydroxyl groups excluding tert-OH is 1. The average Bonchev–Trinajstić information content (AvgIpc) is 2.68. The summed E-state index contributed by atoms with van der Waals surface area (Å²) >= 11 is 12.0. The second kappa shape index (κ2) is 10.8. The Balaban J connectivity index is 2.20. The second-order valence-electron chi connectivity index (χ2n) is 6.54. The number of nitrogens with one attached hydrogen (secondary N) is 1. The summed E-state index contributed by atoms with van der Waals surface area (Å²) in [7, 11) is 0. The number of allylic oxidation sites excluding steroid dienone is 1. The fourth-order valence-electron chi connectivity index (χ4n) is 2.51. The van der Waals surface area contributed by atoms with Crippen LogP contribution in [-0.2, 0) is 11.2 Å². The minimum absolute atomic E-state index is 0.00822. The first-order valence-electron chi connectivity index (χ1n) is 9.23. The number of aliphatic hydroxyl groups is 1. The number of carbonyl (C=O) groups is 2. The van der Waals surface area contributed by atoms with E-state index < -0.39 is 11.8 Å². The van der Waals surface area contributed by atoms with E-state index in [1.807, 2.05) is 12.1 Å². The van der Waals surface area contributed by atoms with E-state index in [0.29, 0.717) is 5.69 Å². The number of rotatable bonds is 8. The molecule has 2 aromatic rings. The normalized spacial score (nSPS) is 12.0. The largest absolute Gasteiger partial charge is 0.510 e. The molecule has 4 N–H and O–H groups in total. The Labute approximate surface area is 184 Å². The third kappa shape index (κ3) is 6.30. The molecule has 2 rings (SSSR count). The van der Waals surface area contributed by atoms with Crippen LogP contribution in [0.4, 0.5) is 11.4 Å². The number of hydrogen-bond donors (Lipinski definition) is 3. The van der Waals surface area contributed by atoms with E-state index in [2.05, 4.69) is 22.5 Å². The molecule has 9 heteroatoms. The van der Waals surface area contributed by atoms with Gasteiger partial charge in [0.2, 0.25) is 5.91 Å². The van der Waals surface area contributed by atoms with Crippen molar-refractivity contribution in [2.45, 2.75) is 33.1 Å². The fraction of sp³-hybridized carbons (Fsp3) is 0.238. The van der Waals surface area contributed by atoms with Crippen LogP contribution in [0.5, 0.6) is 0 Å². The molecule has 2 aromatic carbocycles. The lowest BCUT2D eigenvalue weighted by atomic mass is 10.1. The number of azo groups is 1. The van der Waals surface area contributed by atoms with Crippen molar-refractivity contribution >= 4 is 46.4 Å². The van der Waals surface area contributed by atoms with Crippen molar-refractivity contribution in [2.24, 2.45) is 16.0 Å². The molecule has 0 spiro atoms. The van der Waals surface area contributed by atoms with Gasteiger partial charge in [-0.05, 0) is 49.6 Å². The van der Waals surface area contributed by atoms with Crippen molar-refractivity contribution in [3.8, 4) is 0 Å². The lowest BCUT2D eigenvalue weighted by molar-refractivity contribution is -0.113. The minimum Gasteiger partial charge on any atom is -0.510 e. The quantitative estimate of drug-likeness (QED) is 0.263. The number of halogens is 2. The molecule has 0 heterocycles. The first kappa shape index (κ1) is 23.4. The number of primary amides is 1. The van der Waals surface area contributed by atoms with E-state index in [1.54, 1.807) is 12.1 Å². The summed E-state index contributed by atoms with van der Waals surface area (Å²) in [5, 5.41) is 20.4. The number of benzene rings is 2. The number of anilines is 1. The Hall–Kier alpha value is -2.90. The molecule has 0 aromatic heterocycles. The van der Waals surface area contributed by atoms with Gasteiger partial charge in [0, 0.05) is 5.69 Å². The summed E-state index contributed by atoms with van der Waals surface area (Å²) in [4.78, 5) is 24.0. The molecule has 0 fully saturated rings. The summed E-state index contributed by atoms with van der Waals surface area (Å²) < 4.78 is 0. The number of nitrogens with zero attached hydrogens (tertiary/aromatic N) is 2. The molecule has 0 aliphatic rings. The highest BCUT2D eigenvalue weighted by molar-refractivity contribution is 6.38. The SMILES string of the molecule is CCCCc1ccc(NC(=O)/C(N=Nc2cc(C(N)=O)c(Cl)cc2Cl)=C(/C)O)cc1. The Bertz CT molecular complexity index is 998. The summed E-state index contributed by atoms with van der Waals surface area (Å²) in [5.74, 6) is -1.75. The monoisotopic (exact) mass is 448 g/mol. The highest BCUT2D eigenvalue weighted by Gasteiger charge is 2.15. The van der Waals surface area contributed by atoms with Gasteiger partial charge < -0.3 is 16.2 Å². The van der Waals surface area contributed by atoms with Crippen molar-refractivity contribution in [2.75, 3.05) is 5.32 Å². The highest BCUT2D eigenvalue weighted by Crippen LogP contribution is 2.32. The van der Waals surface area contributed by atoms with Gasteiger partial charge in [0.25, 0.3) is 5.91 Å². The third-order valence-corrected chi connectivity index (χ3v) is 4.76. The Morgan fingerprint density at radius 3 is 2.37 bits per heavy atom. The van der Waals surface area contributed by atoms with Crippen LogP contribution < -0.4 is 11.1 Å². The molecule has 2 amide bonds. The molecule has 0 atom stereocenters. The van der Waals surface area contributed by atoms with Crippen LogP contribution in [0.2, 0.25) is 10.0 Å². The van der Waals surface area contributed by atoms with Crippen LogP contribution in [0.1, 0.15) is 42.6 Å². The smallest absolute Gasteiger partial charge is 0.279 e. The molecule has 7 nitrogen and oxygen atoms in total. The van der Waals surface area contributed by atoms with Crippen LogP contribution in [0.15, 0.2) is 58.1 Å². The topological polar surface area (TPSA) is 117 Å². The second-order valence-corrected chi connectivity index (χ2v) is 7.35. The number of aryl methyl sites for hydroxylation is 1. The van der Waals surface area contributed by atoms with Crippen molar-refractivity contribution in [3.63, 3.8) is 0 Å². The number of hydrogen-bond acceptors (Lipinski definition) is 5. The van der Waals surface area contributed by atoms with E-state index in [1.165, 1.54) is 24.6 Å². The van der Waals surface area contributed by atoms with Crippen LogP contribution in [-0.4, -0.2) is 16.9 Å². The van der Waals surface area contributed by atoms with E-state index in [0.717, 1.165) is 19.3 Å². The van der Waals surface area contributed by atoms with Crippen molar-refractivity contribution in [1.82, 2.24) is 0 Å². The van der Waals surface area contributed by atoms with Crippen LogP contribution in [0.25, 0.3) is 0 Å². The Morgan fingerprint density at radius 2 is 1.80 bits per heavy atom. The van der Waals surface area contributed by atoms with Gasteiger partial charge in [0.15, 0.2) is 5.70 Å². The molecule has 0 saturated heterocycles. The first-order chi connectivity index (χ1) is 14.2. The molecule has 158 valence electrons. The summed E-state index contributed by atoms with van der Waals surface area (Å²) in [6.45, 7) is 3.43. The van der Waals surface area contributed by atoms with Gasteiger partial charge >= 0.3 is 0 Å². The number of nitrogens with two attached hydrogens (primary N) is 1. The van der Waals surface area contributed by atoms with E-state index in [4.69, 9.17) is 28.9 Å². The fourth-order valence-corrected chi connectivity index (χ4v) is 3.03. The van der Waals surface area contributed by atoms with E-state index >= 15 is 0 Å². The Morgan fingerprint density at radius 1 is 1.13 bits per heavy atom. The van der Waals surface area contributed by atoms with Gasteiger partial charge in [-0.1, -0.05) is 48.7 Å². The third-order valence-electron chi connectivity index (χ3n) is 4.15. The molecule has 0 unspecified atom stereocenters. The summed E-state index contributed by atoms with van der Waals surface area (Å²) in [6.07, 6.45) is 3.16. The van der Waals surface area contributed by atoms with Crippen molar-refractivity contribution in [1.29, 1.82) is 0 Å². The molecule has 0 bridgehead atoms. The maximum Gasteiger partial charge on any atom is 0.279 e. The van der Waals surface area contributed by atoms with Gasteiger partial charge in [0.1, 0.15) is 11.4 Å². The molecule has 0 aliphatic heterocycles. The lowest BCUT2D eigenvalue weighted by Gasteiger charge is -2.08. The maximum atomic E-state index is 12.5. The van der Waals surface area contributed by atoms with Gasteiger partial charge in [-0.3, -0.25) is 9.59 Å². The average molecular weight is 449 g/mol. The van der Waals surface area contributed by atoms with Gasteiger partial charge in [-0.15, -0.1) is 10.2 Å². The number of unbranched alkanes of at least 4 members (excludes halogenated alkanes) is 1. The van der Waals surface area contributed by atoms with Crippen molar-refractivity contribution < 1.29 is 14.7 Å². The van der Waals surface area contributed by atoms with E-state index in [-0.39, 0.29) is 32.8 Å². The van der Waals surface area contributed by atoms with Gasteiger partial charge in [-0.25, -0.2) is 0 Å². The molecule has 0 aliphatic carbocycles. The van der Waals surface area contributed by atoms with Gasteiger partial charge in [-0.2, -0.15) is 0 Å². The molecular weight excluding hydrogens is 427 g/mol.